The van der Waals surface area contributed by atoms with E-state index in [4.69, 9.17) is 0 Å². The van der Waals surface area contributed by atoms with Crippen molar-refractivity contribution in [2.75, 3.05) is 0 Å². The van der Waals surface area contributed by atoms with Gasteiger partial charge in [-0.2, -0.15) is 26.3 Å². The second-order valence-corrected chi connectivity index (χ2v) is 2.76. The van der Waals surface area contributed by atoms with Crippen LogP contribution in [0.2, 0.25) is 0 Å². The Hall–Kier alpha value is -0.940. The van der Waals surface area contributed by atoms with Gasteiger partial charge in [0.15, 0.2) is 0 Å². The van der Waals surface area contributed by atoms with Gasteiger partial charge < -0.3 is 0 Å². The zero-order chi connectivity index (χ0) is 12.3. The first-order valence-electron chi connectivity index (χ1n) is 4.14. The summed E-state index contributed by atoms with van der Waals surface area (Å²) in [5.74, 6) is 0. The lowest BCUT2D eigenvalue weighted by molar-refractivity contribution is -0.0970. The van der Waals surface area contributed by atoms with Crippen LogP contribution in [0.1, 0.15) is 20.3 Å². The Morgan fingerprint density at radius 2 is 1.47 bits per heavy atom. The maximum atomic E-state index is 12.1. The van der Waals surface area contributed by atoms with E-state index in [9.17, 15) is 26.3 Å². The molecule has 15 heavy (non-hydrogen) atoms. The molecule has 0 bridgehead atoms. The average molecular weight is 232 g/mol. The monoisotopic (exact) mass is 232 g/mol. The van der Waals surface area contributed by atoms with Crippen molar-refractivity contribution in [3.8, 4) is 0 Å². The van der Waals surface area contributed by atoms with Gasteiger partial charge in [-0.3, -0.25) is 0 Å². The zero-order valence-corrected chi connectivity index (χ0v) is 8.13. The first kappa shape index (κ1) is 14.1. The Balaban J connectivity index is 5.17. The first-order chi connectivity index (χ1) is 6.62. The molecular formula is C9H10F6. The van der Waals surface area contributed by atoms with Crippen LogP contribution in [0.3, 0.4) is 0 Å². The quantitative estimate of drug-likeness (QED) is 0.489. The molecule has 6 heteroatoms. The Labute approximate surface area is 83.3 Å². The van der Waals surface area contributed by atoms with Gasteiger partial charge in [0.25, 0.3) is 0 Å². The van der Waals surface area contributed by atoms with Crippen LogP contribution in [-0.4, -0.2) is 12.4 Å². The summed E-state index contributed by atoms with van der Waals surface area (Å²) in [4.78, 5) is 0. The number of alkyl halides is 6. The van der Waals surface area contributed by atoms with Gasteiger partial charge in [0.1, 0.15) is 0 Å². The fourth-order valence-corrected chi connectivity index (χ4v) is 0.901. The third kappa shape index (κ3) is 4.40. The molecule has 0 aromatic carbocycles. The fourth-order valence-electron chi connectivity index (χ4n) is 0.901. The van der Waals surface area contributed by atoms with Crippen molar-refractivity contribution in [2.45, 2.75) is 32.6 Å². The first-order valence-corrected chi connectivity index (χ1v) is 4.14. The molecule has 0 saturated heterocycles. The summed E-state index contributed by atoms with van der Waals surface area (Å²) in [6, 6.07) is 0. The summed E-state index contributed by atoms with van der Waals surface area (Å²) < 4.78 is 72.8. The Morgan fingerprint density at radius 3 is 1.67 bits per heavy atom. The van der Waals surface area contributed by atoms with Crippen molar-refractivity contribution in [2.24, 2.45) is 0 Å². The molecule has 0 aromatic rings. The van der Waals surface area contributed by atoms with Crippen LogP contribution in [0.15, 0.2) is 23.3 Å². The third-order valence-corrected chi connectivity index (χ3v) is 1.71. The van der Waals surface area contributed by atoms with Crippen LogP contribution in [0.4, 0.5) is 26.3 Å². The van der Waals surface area contributed by atoms with Gasteiger partial charge in [0.05, 0.1) is 5.57 Å². The lowest BCUT2D eigenvalue weighted by Crippen LogP contribution is -2.15. The molecule has 0 atom stereocenters. The van der Waals surface area contributed by atoms with Gasteiger partial charge in [-0.1, -0.05) is 13.0 Å². The Kier molecular flexibility index (Phi) is 4.42. The second kappa shape index (κ2) is 4.72. The van der Waals surface area contributed by atoms with Gasteiger partial charge in [-0.15, -0.1) is 0 Å². The Morgan fingerprint density at radius 1 is 1.00 bits per heavy atom. The smallest absolute Gasteiger partial charge is 0.166 e. The van der Waals surface area contributed by atoms with Gasteiger partial charge >= 0.3 is 12.4 Å². The molecule has 0 nitrogen and oxygen atoms in total. The lowest BCUT2D eigenvalue weighted by atomic mass is 10.1. The van der Waals surface area contributed by atoms with Gasteiger partial charge in [0.2, 0.25) is 0 Å². The zero-order valence-electron chi connectivity index (χ0n) is 8.13. The molecule has 0 aliphatic heterocycles. The highest BCUT2D eigenvalue weighted by atomic mass is 19.4. The molecule has 0 radical (unpaired) electrons. The maximum absolute atomic E-state index is 12.1. The average Bonchev–Trinajstić information content (AvgIpc) is 2.01. The van der Waals surface area contributed by atoms with E-state index in [2.05, 4.69) is 0 Å². The van der Waals surface area contributed by atoms with E-state index >= 15 is 0 Å². The summed E-state index contributed by atoms with van der Waals surface area (Å²) in [6.07, 6.45) is -9.20. The van der Waals surface area contributed by atoms with Gasteiger partial charge in [-0.25, -0.2) is 0 Å². The summed E-state index contributed by atoms with van der Waals surface area (Å²) in [5.41, 5.74) is -2.47. The highest BCUT2D eigenvalue weighted by Gasteiger charge is 2.36. The number of rotatable bonds is 2. The molecule has 0 heterocycles. The number of allylic oxidation sites excluding steroid dienone is 4. The second-order valence-electron chi connectivity index (χ2n) is 2.76. The van der Waals surface area contributed by atoms with Gasteiger partial charge in [0, 0.05) is 5.57 Å². The minimum Gasteiger partial charge on any atom is -0.166 e. The summed E-state index contributed by atoms with van der Waals surface area (Å²) in [7, 11) is 0. The molecule has 0 saturated carbocycles. The third-order valence-electron chi connectivity index (χ3n) is 1.71. The van der Waals surface area contributed by atoms with Crippen molar-refractivity contribution < 1.29 is 26.3 Å². The molecule has 0 aliphatic rings. The molecule has 88 valence electrons. The van der Waals surface area contributed by atoms with Crippen LogP contribution in [0.25, 0.3) is 0 Å². The minimum absolute atomic E-state index is 0.139. The molecule has 0 fully saturated rings. The molecule has 0 amide bonds. The highest BCUT2D eigenvalue weighted by molar-refractivity contribution is 5.29. The topological polar surface area (TPSA) is 0 Å². The van der Waals surface area contributed by atoms with E-state index in [0.717, 1.165) is 13.8 Å². The number of hydrogen-bond donors (Lipinski definition) is 0. The van der Waals surface area contributed by atoms with E-state index in [1.165, 1.54) is 0 Å². The normalized spacial score (nSPS) is 15.7. The van der Waals surface area contributed by atoms with Crippen molar-refractivity contribution in [1.29, 1.82) is 0 Å². The van der Waals surface area contributed by atoms with Crippen molar-refractivity contribution in [1.82, 2.24) is 0 Å². The van der Waals surface area contributed by atoms with Crippen LogP contribution >= 0.6 is 0 Å². The van der Waals surface area contributed by atoms with E-state index in [-0.39, 0.29) is 6.08 Å². The lowest BCUT2D eigenvalue weighted by Gasteiger charge is -2.12. The minimum atomic E-state index is -4.75. The van der Waals surface area contributed by atoms with Crippen molar-refractivity contribution in [3.63, 3.8) is 0 Å². The predicted molar refractivity (Wildman–Crippen MR) is 44.2 cm³/mol. The summed E-state index contributed by atoms with van der Waals surface area (Å²) in [6.45, 7) is 2.20. The molecule has 0 rings (SSSR count). The van der Waals surface area contributed by atoms with E-state index < -0.39 is 29.9 Å². The number of hydrogen-bond acceptors (Lipinski definition) is 0. The van der Waals surface area contributed by atoms with E-state index in [1.54, 1.807) is 0 Å². The SMILES string of the molecule is CC=C(C=C(CC)C(F)(F)F)C(F)(F)F. The molecule has 0 aliphatic carbocycles. The molecule has 0 spiro atoms. The van der Waals surface area contributed by atoms with E-state index in [1.807, 2.05) is 0 Å². The van der Waals surface area contributed by atoms with Crippen LogP contribution < -0.4 is 0 Å². The Bertz CT molecular complexity index is 265. The van der Waals surface area contributed by atoms with Gasteiger partial charge in [-0.05, 0) is 19.4 Å². The van der Waals surface area contributed by atoms with Crippen molar-refractivity contribution in [3.05, 3.63) is 23.3 Å². The summed E-state index contributed by atoms with van der Waals surface area (Å²) in [5, 5.41) is 0. The molecule has 0 unspecified atom stereocenters. The number of halogens is 6. The van der Waals surface area contributed by atoms with Crippen LogP contribution in [0.5, 0.6) is 0 Å². The predicted octanol–water partition coefficient (Wildman–Crippen LogP) is 4.39. The molecule has 0 aromatic heterocycles. The molecule has 0 N–H and O–H groups in total. The largest absolute Gasteiger partial charge is 0.416 e. The highest BCUT2D eigenvalue weighted by Crippen LogP contribution is 2.33. The molecular weight excluding hydrogens is 222 g/mol. The van der Waals surface area contributed by atoms with Crippen molar-refractivity contribution >= 4 is 0 Å². The fraction of sp³-hybridized carbons (Fsp3) is 0.556. The van der Waals surface area contributed by atoms with Crippen LogP contribution in [0, 0.1) is 0 Å². The standard InChI is InChI=1S/C9H10F6/c1-3-6(8(10,11)12)5-7(4-2)9(13,14)15/h3,5H,4H2,1-2H3. The van der Waals surface area contributed by atoms with Crippen LogP contribution in [-0.2, 0) is 0 Å². The van der Waals surface area contributed by atoms with E-state index in [0.29, 0.717) is 6.08 Å². The maximum Gasteiger partial charge on any atom is 0.416 e. The summed E-state index contributed by atoms with van der Waals surface area (Å²) >= 11 is 0.